The van der Waals surface area contributed by atoms with Crippen molar-refractivity contribution < 1.29 is 4.12 Å². The molecule has 0 aliphatic heterocycles. The molecular weight excluding hydrogens is 360 g/mol. The second-order valence-electron chi connectivity index (χ2n) is 8.30. The van der Waals surface area contributed by atoms with Gasteiger partial charge in [0.25, 0.3) is 0 Å². The summed E-state index contributed by atoms with van der Waals surface area (Å²) < 4.78 is 6.77. The van der Waals surface area contributed by atoms with Crippen molar-refractivity contribution in [3.8, 4) is 24.7 Å². The van der Waals surface area contributed by atoms with Crippen LogP contribution in [0.1, 0.15) is 22.3 Å². The molecule has 0 saturated carbocycles. The summed E-state index contributed by atoms with van der Waals surface area (Å²) in [4.78, 5) is 0. The molecular formula is C24H30OSi2. The Morgan fingerprint density at radius 2 is 1.00 bits per heavy atom. The van der Waals surface area contributed by atoms with E-state index in [-0.39, 0.29) is 0 Å². The van der Waals surface area contributed by atoms with Gasteiger partial charge in [-0.2, -0.15) is 0 Å². The molecule has 0 amide bonds. The van der Waals surface area contributed by atoms with Gasteiger partial charge in [0, 0.05) is 11.1 Å². The van der Waals surface area contributed by atoms with Gasteiger partial charge in [-0.15, -0.1) is 12.8 Å². The highest BCUT2D eigenvalue weighted by Gasteiger charge is 2.32. The Labute approximate surface area is 167 Å². The van der Waals surface area contributed by atoms with Crippen LogP contribution in [0.25, 0.3) is 0 Å². The summed E-state index contributed by atoms with van der Waals surface area (Å²) in [6.07, 6.45) is 13.0. The normalized spacial score (nSPS) is 11.6. The zero-order valence-electron chi connectivity index (χ0n) is 17.0. The molecule has 140 valence electrons. The Hall–Kier alpha value is -2.05. The average Bonchev–Trinajstić information content (AvgIpc) is 2.65. The Bertz CT molecular complexity index is 747. The third-order valence-corrected chi connectivity index (χ3v) is 12.2. The van der Waals surface area contributed by atoms with E-state index < -0.39 is 16.6 Å². The molecule has 0 aromatic heterocycles. The fourth-order valence-electron chi connectivity index (χ4n) is 3.28. The van der Waals surface area contributed by atoms with Crippen LogP contribution in [-0.4, -0.2) is 16.6 Å². The summed E-state index contributed by atoms with van der Waals surface area (Å²) in [6, 6.07) is 18.9. The van der Waals surface area contributed by atoms with Crippen LogP contribution in [-0.2, 0) is 17.0 Å². The van der Waals surface area contributed by atoms with Gasteiger partial charge in [-0.1, -0.05) is 36.1 Å². The van der Waals surface area contributed by atoms with Crippen molar-refractivity contribution >= 4 is 16.6 Å². The number of benzene rings is 2. The van der Waals surface area contributed by atoms with E-state index in [1.165, 1.54) is 11.1 Å². The van der Waals surface area contributed by atoms with E-state index in [4.69, 9.17) is 17.0 Å². The maximum absolute atomic E-state index is 6.77. The van der Waals surface area contributed by atoms with E-state index >= 15 is 0 Å². The molecule has 27 heavy (non-hydrogen) atoms. The molecule has 0 aliphatic carbocycles. The Morgan fingerprint density at radius 3 is 1.30 bits per heavy atom. The highest BCUT2D eigenvalue weighted by molar-refractivity contribution is 6.84. The molecule has 1 nitrogen and oxygen atoms in total. The van der Waals surface area contributed by atoms with Crippen LogP contribution in [0.4, 0.5) is 0 Å². The van der Waals surface area contributed by atoms with Crippen molar-refractivity contribution in [2.75, 3.05) is 0 Å². The molecule has 0 saturated heterocycles. The molecule has 0 atom stereocenters. The summed E-state index contributed by atoms with van der Waals surface area (Å²) in [5.41, 5.74) is 4.56. The van der Waals surface area contributed by atoms with Crippen LogP contribution in [0, 0.1) is 24.7 Å². The average molecular weight is 391 g/mol. The number of aryl methyl sites for hydroxylation is 2. The van der Waals surface area contributed by atoms with Gasteiger partial charge >= 0.3 is 0 Å². The largest absolute Gasteiger partial charge is 0.455 e. The number of rotatable bonds is 8. The van der Waals surface area contributed by atoms with E-state index in [1.54, 1.807) is 0 Å². The van der Waals surface area contributed by atoms with Gasteiger partial charge in [-0.3, -0.25) is 0 Å². The van der Waals surface area contributed by atoms with Gasteiger partial charge in [0.15, 0.2) is 16.6 Å². The molecule has 0 spiro atoms. The van der Waals surface area contributed by atoms with Crippen molar-refractivity contribution in [2.45, 2.75) is 51.1 Å². The zero-order chi connectivity index (χ0) is 19.9. The highest BCUT2D eigenvalue weighted by atomic mass is 28.4. The summed E-state index contributed by atoms with van der Waals surface area (Å²) in [5, 5.41) is 0. The molecule has 0 N–H and O–H groups in total. The maximum Gasteiger partial charge on any atom is 0.173 e. The SMILES string of the molecule is C#Cc1ccc(CC[Si](C)(C)O[Si](C)(C)CCc2ccc(C#C)cc2)cc1. The van der Waals surface area contributed by atoms with E-state index in [0.717, 1.165) is 36.1 Å². The monoisotopic (exact) mass is 390 g/mol. The zero-order valence-corrected chi connectivity index (χ0v) is 19.0. The highest BCUT2D eigenvalue weighted by Crippen LogP contribution is 2.24. The van der Waals surface area contributed by atoms with Gasteiger partial charge in [-0.25, -0.2) is 0 Å². The van der Waals surface area contributed by atoms with Crippen LogP contribution in [0.2, 0.25) is 38.3 Å². The fraction of sp³-hybridized carbons (Fsp3) is 0.333. The van der Waals surface area contributed by atoms with Crippen LogP contribution in [0.3, 0.4) is 0 Å². The minimum absolute atomic E-state index is 0.940. The number of terminal acetylenes is 2. The second-order valence-corrected chi connectivity index (χ2v) is 17.2. The van der Waals surface area contributed by atoms with Gasteiger partial charge in [0.2, 0.25) is 0 Å². The first-order valence-corrected chi connectivity index (χ1v) is 15.8. The number of hydrogen-bond acceptors (Lipinski definition) is 1. The van der Waals surface area contributed by atoms with Crippen LogP contribution in [0.5, 0.6) is 0 Å². The Balaban J connectivity index is 1.87. The quantitative estimate of drug-likeness (QED) is 0.405. The minimum Gasteiger partial charge on any atom is -0.455 e. The minimum atomic E-state index is -1.70. The summed E-state index contributed by atoms with van der Waals surface area (Å²) >= 11 is 0. The number of hydrogen-bond donors (Lipinski definition) is 0. The lowest BCUT2D eigenvalue weighted by molar-refractivity contribution is 0.536. The smallest absolute Gasteiger partial charge is 0.173 e. The third-order valence-electron chi connectivity index (χ3n) is 4.83. The lowest BCUT2D eigenvalue weighted by Crippen LogP contribution is -2.44. The molecule has 2 aromatic rings. The van der Waals surface area contributed by atoms with E-state index in [9.17, 15) is 0 Å². The predicted molar refractivity (Wildman–Crippen MR) is 122 cm³/mol. The van der Waals surface area contributed by atoms with E-state index in [1.807, 2.05) is 24.3 Å². The predicted octanol–water partition coefficient (Wildman–Crippen LogP) is 5.86. The summed E-state index contributed by atoms with van der Waals surface area (Å²) in [5.74, 6) is 5.34. The lowest BCUT2D eigenvalue weighted by atomic mass is 10.1. The van der Waals surface area contributed by atoms with Crippen LogP contribution in [0.15, 0.2) is 48.5 Å². The van der Waals surface area contributed by atoms with Crippen molar-refractivity contribution in [1.82, 2.24) is 0 Å². The van der Waals surface area contributed by atoms with Crippen LogP contribution < -0.4 is 0 Å². The second kappa shape index (κ2) is 9.24. The molecule has 0 heterocycles. The van der Waals surface area contributed by atoms with Crippen molar-refractivity contribution in [2.24, 2.45) is 0 Å². The fourth-order valence-corrected chi connectivity index (χ4v) is 11.9. The third kappa shape index (κ3) is 7.23. The van der Waals surface area contributed by atoms with Crippen molar-refractivity contribution in [3.05, 3.63) is 70.8 Å². The first-order chi connectivity index (χ1) is 12.7. The van der Waals surface area contributed by atoms with Crippen LogP contribution >= 0.6 is 0 Å². The molecule has 0 unspecified atom stereocenters. The molecule has 0 bridgehead atoms. The Kier molecular flexibility index (Phi) is 7.28. The molecule has 2 rings (SSSR count). The molecule has 0 aliphatic rings. The standard InChI is InChI=1S/C24H30OSi2/c1-7-21-9-13-23(14-10-21)17-19-26(3,4)25-27(5,6)20-18-24-15-11-22(8-2)12-16-24/h1-2,9-16H,17-20H2,3-6H3. The first kappa shape index (κ1) is 21.3. The summed E-state index contributed by atoms with van der Waals surface area (Å²) in [6.45, 7) is 9.39. The first-order valence-electron chi connectivity index (χ1n) is 9.54. The molecule has 0 radical (unpaired) electrons. The van der Waals surface area contributed by atoms with Crippen molar-refractivity contribution in [3.63, 3.8) is 0 Å². The molecule has 2 aromatic carbocycles. The van der Waals surface area contributed by atoms with Gasteiger partial charge in [0.1, 0.15) is 0 Å². The maximum atomic E-state index is 6.77. The topological polar surface area (TPSA) is 9.23 Å². The van der Waals surface area contributed by atoms with Gasteiger partial charge < -0.3 is 4.12 Å². The van der Waals surface area contributed by atoms with E-state index in [2.05, 4.69) is 62.3 Å². The molecule has 0 fully saturated rings. The van der Waals surface area contributed by atoms with E-state index in [0.29, 0.717) is 0 Å². The van der Waals surface area contributed by atoms with Gasteiger partial charge in [0.05, 0.1) is 0 Å². The Morgan fingerprint density at radius 1 is 0.667 bits per heavy atom. The molecule has 3 heteroatoms. The summed E-state index contributed by atoms with van der Waals surface area (Å²) in [7, 11) is -3.40. The van der Waals surface area contributed by atoms with Crippen molar-refractivity contribution in [1.29, 1.82) is 0 Å². The van der Waals surface area contributed by atoms with Gasteiger partial charge in [-0.05, 0) is 86.5 Å². The lowest BCUT2D eigenvalue weighted by Gasteiger charge is -2.34.